The molecule has 92 valence electrons. The Bertz CT molecular complexity index is 272. The molecule has 0 aromatic carbocycles. The van der Waals surface area contributed by atoms with Crippen molar-refractivity contribution in [3.8, 4) is 0 Å². The summed E-state index contributed by atoms with van der Waals surface area (Å²) in [6, 6.07) is 2.21. The van der Waals surface area contributed by atoms with Gasteiger partial charge in [-0.1, -0.05) is 13.8 Å². The molecule has 0 fully saturated rings. The maximum Gasteiger partial charge on any atom is 0.0518 e. The van der Waals surface area contributed by atoms with Gasteiger partial charge in [0.1, 0.15) is 0 Å². The summed E-state index contributed by atoms with van der Waals surface area (Å²) < 4.78 is 0. The molecule has 16 heavy (non-hydrogen) atoms. The maximum atomic E-state index is 9.46. The molecule has 1 unspecified atom stereocenters. The lowest BCUT2D eigenvalue weighted by Gasteiger charge is -2.31. The predicted octanol–water partition coefficient (Wildman–Crippen LogP) is 1.86. The Balaban J connectivity index is 2.49. The van der Waals surface area contributed by atoms with Crippen molar-refractivity contribution in [2.45, 2.75) is 39.7 Å². The molecule has 0 spiro atoms. The first-order chi connectivity index (χ1) is 7.67. The molecule has 1 aromatic rings. The Hall–Kier alpha value is -0.870. The van der Waals surface area contributed by atoms with E-state index in [1.165, 1.54) is 0 Å². The fourth-order valence-electron chi connectivity index (χ4n) is 1.77. The molecular formula is C12H23N3O. The van der Waals surface area contributed by atoms with E-state index in [0.717, 1.165) is 25.1 Å². The SMILES string of the molecule is CCC(CC)(CO)CNC(C)c1ccn[nH]1. The largest absolute Gasteiger partial charge is 0.396 e. The Morgan fingerprint density at radius 1 is 1.50 bits per heavy atom. The zero-order chi connectivity index (χ0) is 12.0. The number of rotatable bonds is 7. The highest BCUT2D eigenvalue weighted by Crippen LogP contribution is 2.25. The van der Waals surface area contributed by atoms with E-state index in [-0.39, 0.29) is 18.1 Å². The minimum absolute atomic E-state index is 0.00822. The fourth-order valence-corrected chi connectivity index (χ4v) is 1.77. The summed E-state index contributed by atoms with van der Waals surface area (Å²) in [6.07, 6.45) is 3.73. The fraction of sp³-hybridized carbons (Fsp3) is 0.750. The van der Waals surface area contributed by atoms with Gasteiger partial charge in [0, 0.05) is 30.8 Å². The smallest absolute Gasteiger partial charge is 0.0518 e. The predicted molar refractivity (Wildman–Crippen MR) is 65.1 cm³/mol. The van der Waals surface area contributed by atoms with Crippen LogP contribution in [-0.2, 0) is 0 Å². The zero-order valence-corrected chi connectivity index (χ0v) is 10.5. The van der Waals surface area contributed by atoms with Gasteiger partial charge >= 0.3 is 0 Å². The minimum atomic E-state index is 0.00822. The highest BCUT2D eigenvalue weighted by atomic mass is 16.3. The standard InChI is InChI=1S/C12H23N3O/c1-4-12(5-2,9-16)8-13-10(3)11-6-7-14-15-11/h6-7,10,13,16H,4-5,8-9H2,1-3H3,(H,14,15). The Morgan fingerprint density at radius 3 is 2.62 bits per heavy atom. The molecule has 4 nitrogen and oxygen atoms in total. The second-order valence-corrected chi connectivity index (χ2v) is 4.48. The summed E-state index contributed by atoms with van der Waals surface area (Å²) in [4.78, 5) is 0. The van der Waals surface area contributed by atoms with E-state index in [4.69, 9.17) is 0 Å². The average Bonchev–Trinajstić information content (AvgIpc) is 2.85. The summed E-state index contributed by atoms with van der Waals surface area (Å²) in [7, 11) is 0. The summed E-state index contributed by atoms with van der Waals surface area (Å²) >= 11 is 0. The average molecular weight is 225 g/mol. The van der Waals surface area contributed by atoms with Crippen molar-refractivity contribution in [2.75, 3.05) is 13.2 Å². The summed E-state index contributed by atoms with van der Waals surface area (Å²) in [6.45, 7) is 7.42. The lowest BCUT2D eigenvalue weighted by Crippen LogP contribution is -2.37. The molecule has 4 heteroatoms. The first kappa shape index (κ1) is 13.2. The number of hydrogen-bond acceptors (Lipinski definition) is 3. The topological polar surface area (TPSA) is 60.9 Å². The lowest BCUT2D eigenvalue weighted by molar-refractivity contribution is 0.110. The van der Waals surface area contributed by atoms with Crippen molar-refractivity contribution in [2.24, 2.45) is 5.41 Å². The van der Waals surface area contributed by atoms with Crippen LogP contribution in [0, 0.1) is 5.41 Å². The second kappa shape index (κ2) is 6.01. The highest BCUT2D eigenvalue weighted by Gasteiger charge is 2.25. The van der Waals surface area contributed by atoms with Crippen LogP contribution in [0.1, 0.15) is 45.3 Å². The number of hydrogen-bond donors (Lipinski definition) is 3. The molecular weight excluding hydrogens is 202 g/mol. The van der Waals surface area contributed by atoms with Crippen LogP contribution in [0.15, 0.2) is 12.3 Å². The van der Waals surface area contributed by atoms with Crippen molar-refractivity contribution in [3.63, 3.8) is 0 Å². The van der Waals surface area contributed by atoms with Crippen molar-refractivity contribution >= 4 is 0 Å². The van der Waals surface area contributed by atoms with Gasteiger partial charge in [-0.15, -0.1) is 0 Å². The molecule has 0 amide bonds. The van der Waals surface area contributed by atoms with Gasteiger partial charge in [0.2, 0.25) is 0 Å². The number of aromatic nitrogens is 2. The molecule has 1 rings (SSSR count). The first-order valence-electron chi connectivity index (χ1n) is 6.01. The van der Waals surface area contributed by atoms with Crippen LogP contribution < -0.4 is 5.32 Å². The van der Waals surface area contributed by atoms with Crippen molar-refractivity contribution in [1.29, 1.82) is 0 Å². The molecule has 0 bridgehead atoms. The third kappa shape index (κ3) is 3.06. The van der Waals surface area contributed by atoms with Crippen LogP contribution in [-0.4, -0.2) is 28.5 Å². The van der Waals surface area contributed by atoms with Gasteiger partial charge in [-0.3, -0.25) is 5.10 Å². The Labute approximate surface area is 97.5 Å². The third-order valence-corrected chi connectivity index (χ3v) is 3.61. The van der Waals surface area contributed by atoms with Gasteiger partial charge in [-0.2, -0.15) is 5.10 Å². The second-order valence-electron chi connectivity index (χ2n) is 4.48. The van der Waals surface area contributed by atoms with Gasteiger partial charge in [0.05, 0.1) is 5.69 Å². The summed E-state index contributed by atoms with van der Waals surface area (Å²) in [5, 5.41) is 19.8. The number of aromatic amines is 1. The zero-order valence-electron chi connectivity index (χ0n) is 10.5. The Morgan fingerprint density at radius 2 is 2.19 bits per heavy atom. The van der Waals surface area contributed by atoms with Crippen molar-refractivity contribution in [3.05, 3.63) is 18.0 Å². The van der Waals surface area contributed by atoms with Crippen LogP contribution in [0.3, 0.4) is 0 Å². The third-order valence-electron chi connectivity index (χ3n) is 3.61. The summed E-state index contributed by atoms with van der Waals surface area (Å²) in [5.41, 5.74) is 1.09. The van der Waals surface area contributed by atoms with Crippen LogP contribution in [0.4, 0.5) is 0 Å². The minimum Gasteiger partial charge on any atom is -0.396 e. The molecule has 0 saturated heterocycles. The number of nitrogens with one attached hydrogen (secondary N) is 2. The quantitative estimate of drug-likeness (QED) is 0.664. The molecule has 3 N–H and O–H groups in total. The van der Waals surface area contributed by atoms with E-state index >= 15 is 0 Å². The van der Waals surface area contributed by atoms with Gasteiger partial charge in [-0.25, -0.2) is 0 Å². The van der Waals surface area contributed by atoms with Crippen LogP contribution >= 0.6 is 0 Å². The maximum absolute atomic E-state index is 9.46. The van der Waals surface area contributed by atoms with Crippen LogP contribution in [0.5, 0.6) is 0 Å². The highest BCUT2D eigenvalue weighted by molar-refractivity contribution is 5.03. The number of H-pyrrole nitrogens is 1. The molecule has 1 atom stereocenters. The van der Waals surface area contributed by atoms with E-state index < -0.39 is 0 Å². The van der Waals surface area contributed by atoms with Crippen molar-refractivity contribution in [1.82, 2.24) is 15.5 Å². The van der Waals surface area contributed by atoms with Gasteiger partial charge < -0.3 is 10.4 Å². The van der Waals surface area contributed by atoms with Gasteiger partial charge in [-0.05, 0) is 25.8 Å². The molecule has 0 saturated carbocycles. The number of aliphatic hydroxyl groups excluding tert-OH is 1. The van der Waals surface area contributed by atoms with E-state index in [1.54, 1.807) is 6.20 Å². The van der Waals surface area contributed by atoms with Crippen LogP contribution in [0.2, 0.25) is 0 Å². The number of aliphatic hydroxyl groups is 1. The lowest BCUT2D eigenvalue weighted by atomic mass is 9.83. The van der Waals surface area contributed by atoms with Gasteiger partial charge in [0.15, 0.2) is 0 Å². The molecule has 0 aliphatic heterocycles. The Kier molecular flexibility index (Phi) is 4.96. The molecule has 1 heterocycles. The van der Waals surface area contributed by atoms with Gasteiger partial charge in [0.25, 0.3) is 0 Å². The monoisotopic (exact) mass is 225 g/mol. The van der Waals surface area contributed by atoms with E-state index in [9.17, 15) is 5.11 Å². The molecule has 0 aliphatic rings. The first-order valence-corrected chi connectivity index (χ1v) is 6.01. The molecule has 1 aromatic heterocycles. The molecule has 0 radical (unpaired) electrons. The normalized spacial score (nSPS) is 14.0. The van der Waals surface area contributed by atoms with Crippen molar-refractivity contribution < 1.29 is 5.11 Å². The van der Waals surface area contributed by atoms with E-state index in [2.05, 4.69) is 36.3 Å². The molecule has 0 aliphatic carbocycles. The van der Waals surface area contributed by atoms with E-state index in [0.29, 0.717) is 0 Å². The summed E-state index contributed by atoms with van der Waals surface area (Å²) in [5.74, 6) is 0. The van der Waals surface area contributed by atoms with E-state index in [1.807, 2.05) is 6.07 Å². The number of nitrogens with zero attached hydrogens (tertiary/aromatic N) is 1. The van der Waals surface area contributed by atoms with Crippen LogP contribution in [0.25, 0.3) is 0 Å².